The summed E-state index contributed by atoms with van der Waals surface area (Å²) in [7, 11) is 1.38. The number of aromatic hydroxyl groups is 1. The van der Waals surface area contributed by atoms with Gasteiger partial charge in [0.1, 0.15) is 5.75 Å². The summed E-state index contributed by atoms with van der Waals surface area (Å²) < 4.78 is 0. The van der Waals surface area contributed by atoms with Gasteiger partial charge in [0.2, 0.25) is 5.78 Å². The van der Waals surface area contributed by atoms with Gasteiger partial charge in [0.05, 0.1) is 0 Å². The van der Waals surface area contributed by atoms with Crippen LogP contribution in [0.4, 0.5) is 0 Å². The van der Waals surface area contributed by atoms with E-state index in [0.717, 1.165) is 0 Å². The lowest BCUT2D eigenvalue weighted by Gasteiger charge is -1.99. The number of nitrogens with one attached hydrogen (secondary N) is 1. The molecular formula is C9H9NO3. The van der Waals surface area contributed by atoms with Gasteiger partial charge in [-0.05, 0) is 12.1 Å². The van der Waals surface area contributed by atoms with Crippen LogP contribution in [0.5, 0.6) is 5.75 Å². The Balaban J connectivity index is 2.95. The first-order valence-corrected chi connectivity index (χ1v) is 3.70. The molecule has 1 aromatic rings. The minimum absolute atomic E-state index is 0.0326. The molecule has 0 aliphatic rings. The molecule has 4 nitrogen and oxygen atoms in total. The highest BCUT2D eigenvalue weighted by Crippen LogP contribution is 2.11. The lowest BCUT2D eigenvalue weighted by Crippen LogP contribution is -2.27. The molecule has 0 spiro atoms. The van der Waals surface area contributed by atoms with Crippen LogP contribution in [-0.4, -0.2) is 23.8 Å². The highest BCUT2D eigenvalue weighted by molar-refractivity contribution is 6.42. The highest BCUT2D eigenvalue weighted by atomic mass is 16.3. The van der Waals surface area contributed by atoms with Crippen molar-refractivity contribution in [3.63, 3.8) is 0 Å². The maximum Gasteiger partial charge on any atom is 0.292 e. The van der Waals surface area contributed by atoms with E-state index in [2.05, 4.69) is 5.32 Å². The molecule has 1 rings (SSSR count). The molecular weight excluding hydrogens is 170 g/mol. The van der Waals surface area contributed by atoms with Gasteiger partial charge in [-0.2, -0.15) is 0 Å². The number of carbonyl (C=O) groups excluding carboxylic acids is 2. The summed E-state index contributed by atoms with van der Waals surface area (Å²) in [5.74, 6) is -1.38. The van der Waals surface area contributed by atoms with E-state index in [9.17, 15) is 9.59 Å². The molecule has 0 bridgehead atoms. The highest BCUT2D eigenvalue weighted by Gasteiger charge is 2.13. The standard InChI is InChI=1S/C9H9NO3/c1-10-9(13)8(12)6-3-2-4-7(11)5-6/h2-5,11H,1H3,(H,10,13). The van der Waals surface area contributed by atoms with Crippen LogP contribution >= 0.6 is 0 Å². The quantitative estimate of drug-likeness (QED) is 0.507. The number of rotatable bonds is 2. The first-order chi connectivity index (χ1) is 6.15. The SMILES string of the molecule is CNC(=O)C(=O)c1cccc(O)c1. The molecule has 68 valence electrons. The van der Waals surface area contributed by atoms with Gasteiger partial charge in [-0.1, -0.05) is 12.1 Å². The first kappa shape index (κ1) is 9.25. The van der Waals surface area contributed by atoms with Gasteiger partial charge in [-0.15, -0.1) is 0 Å². The Hall–Kier alpha value is -1.84. The second-order valence-corrected chi connectivity index (χ2v) is 2.46. The van der Waals surface area contributed by atoms with Gasteiger partial charge < -0.3 is 10.4 Å². The average molecular weight is 179 g/mol. The Kier molecular flexibility index (Phi) is 2.64. The average Bonchev–Trinajstić information content (AvgIpc) is 2.15. The lowest BCUT2D eigenvalue weighted by atomic mass is 10.1. The van der Waals surface area contributed by atoms with Gasteiger partial charge in [0, 0.05) is 12.6 Å². The van der Waals surface area contributed by atoms with Gasteiger partial charge in [0.25, 0.3) is 5.91 Å². The second kappa shape index (κ2) is 3.71. The maximum absolute atomic E-state index is 11.2. The molecule has 0 aliphatic carbocycles. The fraction of sp³-hybridized carbons (Fsp3) is 0.111. The van der Waals surface area contributed by atoms with Crippen LogP contribution in [0.25, 0.3) is 0 Å². The number of carbonyl (C=O) groups is 2. The summed E-state index contributed by atoms with van der Waals surface area (Å²) >= 11 is 0. The minimum Gasteiger partial charge on any atom is -0.508 e. The molecule has 0 radical (unpaired) electrons. The van der Waals surface area contributed by atoms with Crippen LogP contribution in [-0.2, 0) is 4.79 Å². The molecule has 4 heteroatoms. The van der Waals surface area contributed by atoms with Crippen molar-refractivity contribution < 1.29 is 14.7 Å². The number of ketones is 1. The number of phenols is 1. The van der Waals surface area contributed by atoms with Crippen LogP contribution < -0.4 is 5.32 Å². The zero-order valence-corrected chi connectivity index (χ0v) is 7.07. The number of likely N-dealkylation sites (N-methyl/N-ethyl adjacent to an activating group) is 1. The van der Waals surface area contributed by atoms with Gasteiger partial charge in [-0.25, -0.2) is 0 Å². The van der Waals surface area contributed by atoms with Crippen molar-refractivity contribution in [2.75, 3.05) is 7.05 Å². The van der Waals surface area contributed by atoms with E-state index in [-0.39, 0.29) is 11.3 Å². The topological polar surface area (TPSA) is 66.4 Å². The van der Waals surface area contributed by atoms with E-state index in [1.165, 1.54) is 31.3 Å². The molecule has 0 unspecified atom stereocenters. The molecule has 0 aliphatic heterocycles. The molecule has 0 fully saturated rings. The third-order valence-corrected chi connectivity index (χ3v) is 1.54. The molecule has 1 aromatic carbocycles. The number of hydrogen-bond donors (Lipinski definition) is 2. The second-order valence-electron chi connectivity index (χ2n) is 2.46. The van der Waals surface area contributed by atoms with Crippen molar-refractivity contribution in [3.05, 3.63) is 29.8 Å². The smallest absolute Gasteiger partial charge is 0.292 e. The molecule has 0 aromatic heterocycles. The van der Waals surface area contributed by atoms with E-state index in [1.807, 2.05) is 0 Å². The van der Waals surface area contributed by atoms with E-state index in [4.69, 9.17) is 5.11 Å². The Morgan fingerprint density at radius 1 is 1.38 bits per heavy atom. The van der Waals surface area contributed by atoms with Crippen LogP contribution in [0, 0.1) is 0 Å². The van der Waals surface area contributed by atoms with Crippen molar-refractivity contribution in [1.82, 2.24) is 5.32 Å². The summed E-state index contributed by atoms with van der Waals surface area (Å²) in [5, 5.41) is 11.2. The van der Waals surface area contributed by atoms with E-state index in [0.29, 0.717) is 0 Å². The van der Waals surface area contributed by atoms with E-state index in [1.54, 1.807) is 0 Å². The van der Waals surface area contributed by atoms with Gasteiger partial charge in [-0.3, -0.25) is 9.59 Å². The fourth-order valence-corrected chi connectivity index (χ4v) is 0.892. The van der Waals surface area contributed by atoms with Crippen LogP contribution in [0.15, 0.2) is 24.3 Å². The molecule has 1 amide bonds. The third kappa shape index (κ3) is 2.05. The zero-order valence-electron chi connectivity index (χ0n) is 7.07. The first-order valence-electron chi connectivity index (χ1n) is 3.70. The van der Waals surface area contributed by atoms with Gasteiger partial charge >= 0.3 is 0 Å². The molecule has 13 heavy (non-hydrogen) atoms. The fourth-order valence-electron chi connectivity index (χ4n) is 0.892. The van der Waals surface area contributed by atoms with Crippen LogP contribution in [0.3, 0.4) is 0 Å². The third-order valence-electron chi connectivity index (χ3n) is 1.54. The Morgan fingerprint density at radius 3 is 2.62 bits per heavy atom. The van der Waals surface area contributed by atoms with Gasteiger partial charge in [0.15, 0.2) is 0 Å². The normalized spacial score (nSPS) is 9.31. The summed E-state index contributed by atoms with van der Waals surface area (Å²) in [6, 6.07) is 5.65. The summed E-state index contributed by atoms with van der Waals surface area (Å²) in [6.45, 7) is 0. The number of benzene rings is 1. The Morgan fingerprint density at radius 2 is 2.08 bits per heavy atom. The molecule has 0 saturated heterocycles. The number of phenolic OH excluding ortho intramolecular Hbond substituents is 1. The molecule has 0 saturated carbocycles. The number of amides is 1. The van der Waals surface area contributed by atoms with E-state index >= 15 is 0 Å². The zero-order chi connectivity index (χ0) is 9.84. The predicted octanol–water partition coefficient (Wildman–Crippen LogP) is 0.321. The minimum atomic E-state index is -0.689. The molecule has 2 N–H and O–H groups in total. The van der Waals surface area contributed by atoms with Crippen molar-refractivity contribution in [2.45, 2.75) is 0 Å². The maximum atomic E-state index is 11.2. The van der Waals surface area contributed by atoms with Crippen LogP contribution in [0.2, 0.25) is 0 Å². The van der Waals surface area contributed by atoms with Crippen molar-refractivity contribution in [1.29, 1.82) is 0 Å². The Labute approximate surface area is 75.2 Å². The lowest BCUT2D eigenvalue weighted by molar-refractivity contribution is -0.116. The van der Waals surface area contributed by atoms with Crippen molar-refractivity contribution in [2.24, 2.45) is 0 Å². The predicted molar refractivity (Wildman–Crippen MR) is 46.5 cm³/mol. The summed E-state index contributed by atoms with van der Waals surface area (Å²) in [5.41, 5.74) is 0.180. The van der Waals surface area contributed by atoms with Crippen molar-refractivity contribution >= 4 is 11.7 Å². The van der Waals surface area contributed by atoms with Crippen molar-refractivity contribution in [3.8, 4) is 5.75 Å². The molecule has 0 heterocycles. The summed E-state index contributed by atoms with van der Waals surface area (Å²) in [4.78, 5) is 22.1. The number of hydrogen-bond acceptors (Lipinski definition) is 3. The monoisotopic (exact) mass is 179 g/mol. The Bertz CT molecular complexity index is 346. The van der Waals surface area contributed by atoms with Crippen LogP contribution in [0.1, 0.15) is 10.4 Å². The van der Waals surface area contributed by atoms with E-state index < -0.39 is 11.7 Å². The largest absolute Gasteiger partial charge is 0.508 e. The molecule has 0 atom stereocenters. The summed E-state index contributed by atoms with van der Waals surface area (Å²) in [6.07, 6.45) is 0. The number of Topliss-reactive ketones (excluding diaryl/α,β-unsaturated/α-hetero) is 1.